The molecule has 0 fully saturated rings. The molecule has 13 heavy (non-hydrogen) atoms. The Morgan fingerprint density at radius 3 is 2.23 bits per heavy atom. The Morgan fingerprint density at radius 2 is 1.77 bits per heavy atom. The van der Waals surface area contributed by atoms with Gasteiger partial charge in [0.25, 0.3) is 0 Å². The summed E-state index contributed by atoms with van der Waals surface area (Å²) >= 11 is 1.90. The molecule has 1 N–H and O–H groups in total. The van der Waals surface area contributed by atoms with Gasteiger partial charge in [-0.3, -0.25) is 4.93 Å². The first-order valence-corrected chi connectivity index (χ1v) is 5.05. The molecule has 0 aliphatic heterocycles. The van der Waals surface area contributed by atoms with Gasteiger partial charge in [0.15, 0.2) is 0 Å². The Morgan fingerprint density at radius 1 is 1.23 bits per heavy atom. The molecule has 0 saturated carbocycles. The van der Waals surface area contributed by atoms with Gasteiger partial charge in [-0.05, 0) is 5.56 Å². The Hall–Kier alpha value is 0.273. The summed E-state index contributed by atoms with van der Waals surface area (Å²) in [4.78, 5) is 3.22. The molecule has 0 unspecified atom stereocenters. The molecule has 3 heteroatoms. The van der Waals surface area contributed by atoms with E-state index in [9.17, 15) is 0 Å². The van der Waals surface area contributed by atoms with Crippen molar-refractivity contribution in [2.75, 3.05) is 6.61 Å². The van der Waals surface area contributed by atoms with Crippen molar-refractivity contribution in [2.45, 2.75) is 0 Å². The van der Waals surface area contributed by atoms with Gasteiger partial charge in [0.1, 0.15) is 0 Å². The van der Waals surface area contributed by atoms with Gasteiger partial charge in [-0.1, -0.05) is 42.5 Å². The standard InChI is InChI=1S/C9H10O.CH2I.Zn/c10-8-4-7-9-5-2-1-3-6-9;1-2;/h1-7,10H,8H2;1H2;/q;-1;/b7-4+;;. The molecule has 0 aliphatic carbocycles. The third-order valence-corrected chi connectivity index (χ3v) is 1.22. The van der Waals surface area contributed by atoms with E-state index < -0.39 is 0 Å². The molecule has 1 nitrogen and oxygen atoms in total. The zero-order valence-electron chi connectivity index (χ0n) is 7.49. The number of aliphatic hydroxyl groups is 1. The first-order chi connectivity index (χ1) is 5.93. The fraction of sp³-hybridized carbons (Fsp3) is 0.100. The maximum Gasteiger partial charge on any atom is 0.0615 e. The molecule has 68 valence electrons. The van der Waals surface area contributed by atoms with E-state index in [2.05, 4.69) is 4.93 Å². The third kappa shape index (κ3) is 8.60. The van der Waals surface area contributed by atoms with E-state index in [4.69, 9.17) is 5.11 Å². The Bertz CT molecular complexity index is 211. The fourth-order valence-corrected chi connectivity index (χ4v) is 0.753. The van der Waals surface area contributed by atoms with Crippen molar-refractivity contribution in [3.8, 4) is 0 Å². The van der Waals surface area contributed by atoms with Crippen molar-refractivity contribution in [1.82, 2.24) is 0 Å². The van der Waals surface area contributed by atoms with Crippen LogP contribution < -0.4 is 0 Å². The monoisotopic (exact) mass is 339 g/mol. The SMILES string of the molecule is OC/C=C/c1ccccc1.[CH2-]I.[Zn]. The normalized spacial score (nSPS) is 8.54. The maximum atomic E-state index is 8.44. The predicted octanol–water partition coefficient (Wildman–Crippen LogP) is 2.90. The molecule has 0 aromatic heterocycles. The van der Waals surface area contributed by atoms with E-state index in [0.717, 1.165) is 5.56 Å². The quantitative estimate of drug-likeness (QED) is 0.499. The second-order valence-electron chi connectivity index (χ2n) is 2.00. The van der Waals surface area contributed by atoms with Gasteiger partial charge in [-0.15, -0.1) is 0 Å². The zero-order valence-corrected chi connectivity index (χ0v) is 12.6. The summed E-state index contributed by atoms with van der Waals surface area (Å²) in [6.45, 7) is 0.106. The van der Waals surface area contributed by atoms with Crippen molar-refractivity contribution in [1.29, 1.82) is 0 Å². The van der Waals surface area contributed by atoms with Crippen LogP contribution in [-0.2, 0) is 19.5 Å². The van der Waals surface area contributed by atoms with Crippen molar-refractivity contribution in [3.63, 3.8) is 0 Å². The Labute approximate surface area is 106 Å². The van der Waals surface area contributed by atoms with Crippen LogP contribution >= 0.6 is 22.6 Å². The van der Waals surface area contributed by atoms with Crippen molar-refractivity contribution >= 4 is 28.7 Å². The van der Waals surface area contributed by atoms with E-state index in [1.807, 2.05) is 59.0 Å². The van der Waals surface area contributed by atoms with Crippen LogP contribution in [-0.4, -0.2) is 11.7 Å². The van der Waals surface area contributed by atoms with Crippen LogP contribution in [0.25, 0.3) is 6.08 Å². The minimum Gasteiger partial charge on any atom is -0.392 e. The van der Waals surface area contributed by atoms with Gasteiger partial charge < -0.3 is 27.7 Å². The van der Waals surface area contributed by atoms with Gasteiger partial charge in [-0.2, -0.15) is 0 Å². The van der Waals surface area contributed by atoms with Crippen LogP contribution in [0.4, 0.5) is 0 Å². The summed E-state index contributed by atoms with van der Waals surface area (Å²) in [7, 11) is 0. The van der Waals surface area contributed by atoms with Crippen molar-refractivity contribution < 1.29 is 24.6 Å². The molecule has 0 amide bonds. The average molecular weight is 340 g/mol. The summed E-state index contributed by atoms with van der Waals surface area (Å²) in [6.07, 6.45) is 3.61. The molecule has 1 aromatic rings. The van der Waals surface area contributed by atoms with Crippen LogP contribution in [0, 0.1) is 4.93 Å². The number of aliphatic hydroxyl groups excluding tert-OH is 1. The van der Waals surface area contributed by atoms with Crippen LogP contribution in [0.3, 0.4) is 0 Å². The number of benzene rings is 1. The van der Waals surface area contributed by atoms with Gasteiger partial charge in [0.05, 0.1) is 6.61 Å². The minimum absolute atomic E-state index is 0. The number of rotatable bonds is 2. The second-order valence-corrected chi connectivity index (χ2v) is 2.00. The fourth-order valence-electron chi connectivity index (χ4n) is 0.753. The topological polar surface area (TPSA) is 20.2 Å². The minimum atomic E-state index is 0. The smallest absolute Gasteiger partial charge is 0.0615 e. The van der Waals surface area contributed by atoms with E-state index in [0.29, 0.717) is 0 Å². The third-order valence-electron chi connectivity index (χ3n) is 1.22. The molecular weight excluding hydrogens is 328 g/mol. The molecule has 0 radical (unpaired) electrons. The molecule has 0 saturated heterocycles. The maximum absolute atomic E-state index is 8.44. The molecule has 0 heterocycles. The number of halogens is 1. The summed E-state index contributed by atoms with van der Waals surface area (Å²) < 4.78 is 0. The molecule has 1 rings (SSSR count). The van der Waals surface area contributed by atoms with Gasteiger partial charge in [0.2, 0.25) is 0 Å². The largest absolute Gasteiger partial charge is 0.392 e. The second kappa shape index (κ2) is 12.3. The van der Waals surface area contributed by atoms with Gasteiger partial charge in [0, 0.05) is 19.5 Å². The summed E-state index contributed by atoms with van der Waals surface area (Å²) in [5, 5.41) is 8.44. The van der Waals surface area contributed by atoms with Crippen LogP contribution in [0.5, 0.6) is 0 Å². The number of hydrogen-bond acceptors (Lipinski definition) is 1. The summed E-state index contributed by atoms with van der Waals surface area (Å²) in [5.41, 5.74) is 1.12. The Balaban J connectivity index is 0. The van der Waals surface area contributed by atoms with Crippen LogP contribution in [0.1, 0.15) is 5.56 Å². The molecule has 0 bridgehead atoms. The molecule has 0 spiro atoms. The van der Waals surface area contributed by atoms with Gasteiger partial charge >= 0.3 is 0 Å². The first kappa shape index (κ1) is 15.7. The van der Waals surface area contributed by atoms with Crippen molar-refractivity contribution in [2.24, 2.45) is 0 Å². The molecule has 1 aromatic carbocycles. The van der Waals surface area contributed by atoms with E-state index >= 15 is 0 Å². The summed E-state index contributed by atoms with van der Waals surface area (Å²) in [5.74, 6) is 0. The van der Waals surface area contributed by atoms with Crippen LogP contribution in [0.2, 0.25) is 0 Å². The van der Waals surface area contributed by atoms with Gasteiger partial charge in [-0.25, -0.2) is 0 Å². The van der Waals surface area contributed by atoms with Crippen molar-refractivity contribution in [3.05, 3.63) is 46.9 Å². The predicted molar refractivity (Wildman–Crippen MR) is 61.9 cm³/mol. The molecular formula is C10H12IOZn-. The molecule has 0 atom stereocenters. The first-order valence-electron chi connectivity index (χ1n) is 3.52. The van der Waals surface area contributed by atoms with E-state index in [1.54, 1.807) is 6.08 Å². The average Bonchev–Trinajstić information content (AvgIpc) is 2.19. The zero-order chi connectivity index (χ0) is 9.23. The Kier molecular flexibility index (Phi) is 14.9. The van der Waals surface area contributed by atoms with E-state index in [1.165, 1.54) is 0 Å². The van der Waals surface area contributed by atoms with Crippen LogP contribution in [0.15, 0.2) is 36.4 Å². The number of hydrogen-bond donors (Lipinski definition) is 1. The molecule has 0 aliphatic rings. The summed E-state index contributed by atoms with van der Waals surface area (Å²) in [6, 6.07) is 9.89. The van der Waals surface area contributed by atoms with E-state index in [-0.39, 0.29) is 26.1 Å².